The number of carbonyl (C=O) groups is 1. The molecule has 0 saturated carbocycles. The van der Waals surface area contributed by atoms with E-state index in [1.54, 1.807) is 33.8 Å². The number of benzene rings is 1. The first-order chi connectivity index (χ1) is 9.18. The minimum absolute atomic E-state index is 0.0835. The molecule has 0 unspecified atom stereocenters. The van der Waals surface area contributed by atoms with Gasteiger partial charge in [0.05, 0.1) is 11.5 Å². The summed E-state index contributed by atoms with van der Waals surface area (Å²) < 4.78 is 33.2. The predicted octanol–water partition coefficient (Wildman–Crippen LogP) is 2.48. The lowest BCUT2D eigenvalue weighted by atomic mass is 10.1. The van der Waals surface area contributed by atoms with Crippen LogP contribution in [0.15, 0.2) is 11.0 Å². The van der Waals surface area contributed by atoms with Gasteiger partial charge < -0.3 is 9.47 Å². The van der Waals surface area contributed by atoms with Crippen LogP contribution in [0.3, 0.4) is 0 Å². The molecule has 0 spiro atoms. The SMILES string of the molecule is CCOC(=O)COc1cc(C)c(S(=O)(=O)Cl)c(C)c1C. The maximum atomic E-state index is 11.5. The van der Waals surface area contributed by atoms with Gasteiger partial charge >= 0.3 is 5.97 Å². The minimum Gasteiger partial charge on any atom is -0.482 e. The summed E-state index contributed by atoms with van der Waals surface area (Å²) in [4.78, 5) is 11.3. The Bertz CT molecular complexity index is 622. The first-order valence-electron chi connectivity index (χ1n) is 6.02. The van der Waals surface area contributed by atoms with Crippen molar-refractivity contribution in [2.45, 2.75) is 32.6 Å². The van der Waals surface area contributed by atoms with Crippen LogP contribution in [-0.2, 0) is 18.6 Å². The van der Waals surface area contributed by atoms with Crippen molar-refractivity contribution in [1.82, 2.24) is 0 Å². The number of hydrogen-bond acceptors (Lipinski definition) is 5. The summed E-state index contributed by atoms with van der Waals surface area (Å²) >= 11 is 0. The van der Waals surface area contributed by atoms with E-state index in [1.165, 1.54) is 0 Å². The highest BCUT2D eigenvalue weighted by Crippen LogP contribution is 2.32. The van der Waals surface area contributed by atoms with Crippen LogP contribution in [0.4, 0.5) is 0 Å². The van der Waals surface area contributed by atoms with Gasteiger partial charge in [-0.3, -0.25) is 0 Å². The lowest BCUT2D eigenvalue weighted by molar-refractivity contribution is -0.145. The summed E-state index contributed by atoms with van der Waals surface area (Å²) in [6.07, 6.45) is 0. The molecule has 0 heterocycles. The van der Waals surface area contributed by atoms with Gasteiger partial charge in [-0.15, -0.1) is 0 Å². The molecule has 0 bridgehead atoms. The van der Waals surface area contributed by atoms with Crippen molar-refractivity contribution >= 4 is 25.7 Å². The smallest absolute Gasteiger partial charge is 0.344 e. The quantitative estimate of drug-likeness (QED) is 0.616. The van der Waals surface area contributed by atoms with Gasteiger partial charge in [-0.25, -0.2) is 13.2 Å². The maximum Gasteiger partial charge on any atom is 0.344 e. The number of aryl methyl sites for hydroxylation is 1. The fraction of sp³-hybridized carbons (Fsp3) is 0.462. The third kappa shape index (κ3) is 3.86. The van der Waals surface area contributed by atoms with Crippen LogP contribution in [0.5, 0.6) is 5.75 Å². The first-order valence-corrected chi connectivity index (χ1v) is 8.33. The molecule has 0 atom stereocenters. The summed E-state index contributed by atoms with van der Waals surface area (Å²) in [5.74, 6) is -0.0339. The first kappa shape index (κ1) is 16.8. The summed E-state index contributed by atoms with van der Waals surface area (Å²) in [7, 11) is 1.60. The molecule has 0 aliphatic heterocycles. The van der Waals surface area contributed by atoms with E-state index < -0.39 is 15.0 Å². The standard InChI is InChI=1S/C13H17ClO5S/c1-5-18-12(15)7-19-11-6-8(2)13(20(14,16)17)10(4)9(11)3/h6H,5,7H2,1-4H3. The van der Waals surface area contributed by atoms with Crippen molar-refractivity contribution in [3.8, 4) is 5.75 Å². The van der Waals surface area contributed by atoms with Crippen LogP contribution >= 0.6 is 10.7 Å². The second-order valence-electron chi connectivity index (χ2n) is 4.30. The Kier molecular flexibility index (Phi) is 5.42. The van der Waals surface area contributed by atoms with Gasteiger partial charge in [0.1, 0.15) is 5.75 Å². The Labute approximate surface area is 123 Å². The second kappa shape index (κ2) is 6.45. The molecule has 0 aliphatic rings. The molecule has 0 saturated heterocycles. The normalized spacial score (nSPS) is 11.2. The van der Waals surface area contributed by atoms with E-state index in [0.717, 1.165) is 0 Å². The van der Waals surface area contributed by atoms with Crippen molar-refractivity contribution in [3.05, 3.63) is 22.8 Å². The Morgan fingerprint density at radius 1 is 1.25 bits per heavy atom. The molecular weight excluding hydrogens is 304 g/mol. The molecule has 20 heavy (non-hydrogen) atoms. The van der Waals surface area contributed by atoms with Gasteiger partial charge in [0.15, 0.2) is 6.61 Å². The Hall–Kier alpha value is -1.27. The molecule has 0 N–H and O–H groups in total. The predicted molar refractivity (Wildman–Crippen MR) is 75.8 cm³/mol. The molecular formula is C13H17ClO5S. The number of esters is 1. The lowest BCUT2D eigenvalue weighted by Gasteiger charge is -2.15. The van der Waals surface area contributed by atoms with Crippen LogP contribution in [0.2, 0.25) is 0 Å². The van der Waals surface area contributed by atoms with Gasteiger partial charge in [-0.2, -0.15) is 0 Å². The molecule has 1 aromatic carbocycles. The summed E-state index contributed by atoms with van der Waals surface area (Å²) in [5.41, 5.74) is 1.61. The zero-order valence-electron chi connectivity index (χ0n) is 11.8. The van der Waals surface area contributed by atoms with E-state index in [-0.39, 0.29) is 18.1 Å². The monoisotopic (exact) mass is 320 g/mol. The van der Waals surface area contributed by atoms with Gasteiger partial charge in [-0.05, 0) is 50.5 Å². The summed E-state index contributed by atoms with van der Waals surface area (Å²) in [5, 5.41) is 0. The molecule has 0 radical (unpaired) electrons. The fourth-order valence-electron chi connectivity index (χ4n) is 1.89. The Morgan fingerprint density at radius 2 is 1.85 bits per heavy atom. The topological polar surface area (TPSA) is 69.7 Å². The molecule has 0 aliphatic carbocycles. The van der Waals surface area contributed by atoms with Crippen molar-refractivity contribution in [2.75, 3.05) is 13.2 Å². The largest absolute Gasteiger partial charge is 0.482 e. The zero-order chi connectivity index (χ0) is 15.5. The van der Waals surface area contributed by atoms with Crippen molar-refractivity contribution in [2.24, 2.45) is 0 Å². The molecule has 1 aromatic rings. The molecule has 0 aromatic heterocycles. The summed E-state index contributed by atoms with van der Waals surface area (Å²) in [6.45, 7) is 6.75. The fourth-order valence-corrected chi connectivity index (χ4v) is 3.56. The van der Waals surface area contributed by atoms with Crippen LogP contribution in [-0.4, -0.2) is 27.6 Å². The Morgan fingerprint density at radius 3 is 2.35 bits per heavy atom. The van der Waals surface area contributed by atoms with Gasteiger partial charge in [-0.1, -0.05) is 0 Å². The van der Waals surface area contributed by atoms with Crippen LogP contribution in [0.25, 0.3) is 0 Å². The molecule has 112 valence electrons. The van der Waals surface area contributed by atoms with Crippen molar-refractivity contribution in [1.29, 1.82) is 0 Å². The highest BCUT2D eigenvalue weighted by atomic mass is 35.7. The maximum absolute atomic E-state index is 11.5. The third-order valence-corrected chi connectivity index (χ3v) is 4.45. The third-order valence-electron chi connectivity index (χ3n) is 2.87. The molecule has 1 rings (SSSR count). The average Bonchev–Trinajstić information content (AvgIpc) is 2.30. The Balaban J connectivity index is 3.11. The van der Waals surface area contributed by atoms with E-state index in [9.17, 15) is 13.2 Å². The van der Waals surface area contributed by atoms with Gasteiger partial charge in [0.25, 0.3) is 9.05 Å². The van der Waals surface area contributed by atoms with E-state index >= 15 is 0 Å². The average molecular weight is 321 g/mol. The highest BCUT2D eigenvalue weighted by molar-refractivity contribution is 8.13. The number of halogens is 1. The van der Waals surface area contributed by atoms with Crippen molar-refractivity contribution in [3.63, 3.8) is 0 Å². The highest BCUT2D eigenvalue weighted by Gasteiger charge is 2.21. The van der Waals surface area contributed by atoms with E-state index in [2.05, 4.69) is 0 Å². The van der Waals surface area contributed by atoms with Crippen LogP contribution in [0.1, 0.15) is 23.6 Å². The molecule has 0 fully saturated rings. The number of carbonyl (C=O) groups excluding carboxylic acids is 1. The lowest BCUT2D eigenvalue weighted by Crippen LogP contribution is -2.15. The van der Waals surface area contributed by atoms with E-state index in [0.29, 0.717) is 22.4 Å². The number of rotatable bonds is 5. The molecule has 7 heteroatoms. The van der Waals surface area contributed by atoms with Gasteiger partial charge in [0.2, 0.25) is 0 Å². The number of hydrogen-bond donors (Lipinski definition) is 0. The molecule has 5 nitrogen and oxygen atoms in total. The second-order valence-corrected chi connectivity index (χ2v) is 6.81. The van der Waals surface area contributed by atoms with Crippen LogP contribution in [0, 0.1) is 20.8 Å². The number of ether oxygens (including phenoxy) is 2. The van der Waals surface area contributed by atoms with E-state index in [1.807, 2.05) is 0 Å². The zero-order valence-corrected chi connectivity index (χ0v) is 13.4. The van der Waals surface area contributed by atoms with Gasteiger partial charge in [0, 0.05) is 10.7 Å². The van der Waals surface area contributed by atoms with Crippen LogP contribution < -0.4 is 4.74 Å². The van der Waals surface area contributed by atoms with E-state index in [4.69, 9.17) is 20.2 Å². The molecule has 0 amide bonds. The summed E-state index contributed by atoms with van der Waals surface area (Å²) in [6, 6.07) is 1.55. The van der Waals surface area contributed by atoms with Crippen molar-refractivity contribution < 1.29 is 22.7 Å². The minimum atomic E-state index is -3.82.